The van der Waals surface area contributed by atoms with Crippen LogP contribution >= 0.6 is 11.6 Å². The maximum Gasteiger partial charge on any atom is 0.418 e. The summed E-state index contributed by atoms with van der Waals surface area (Å²) < 4.78 is 37.1. The van der Waals surface area contributed by atoms with Gasteiger partial charge in [-0.2, -0.15) is 8.42 Å². The van der Waals surface area contributed by atoms with Crippen molar-refractivity contribution in [2.75, 3.05) is 5.06 Å². The first-order valence-electron chi connectivity index (χ1n) is 9.25. The zero-order valence-corrected chi connectivity index (χ0v) is 17.5. The smallest absolute Gasteiger partial charge is 0.262 e. The second kappa shape index (κ2) is 9.68. The van der Waals surface area contributed by atoms with E-state index in [4.69, 9.17) is 15.9 Å². The minimum Gasteiger partial charge on any atom is -0.262 e. The number of aromatic nitrogens is 1. The standard InChI is InChI=1S/C19H27ClN2O4S/c1-4-15(5-2)8-6-7-14(3)22(26-27(23,24)25)19-11-12-21-18-13-16(20)9-10-17(18)19/h9-15H,4-8H2,1-3H3,(H,23,24,25). The molecular weight excluding hydrogens is 388 g/mol. The van der Waals surface area contributed by atoms with Crippen LogP contribution in [0.5, 0.6) is 0 Å². The van der Waals surface area contributed by atoms with Gasteiger partial charge in [-0.05, 0) is 43.5 Å². The van der Waals surface area contributed by atoms with Gasteiger partial charge >= 0.3 is 10.4 Å². The van der Waals surface area contributed by atoms with Crippen LogP contribution in [0.1, 0.15) is 52.9 Å². The summed E-state index contributed by atoms with van der Waals surface area (Å²) in [4.78, 5) is 4.27. The molecule has 0 spiro atoms. The van der Waals surface area contributed by atoms with Gasteiger partial charge in [-0.1, -0.05) is 51.1 Å². The summed E-state index contributed by atoms with van der Waals surface area (Å²) in [5, 5.41) is 2.48. The molecule has 0 radical (unpaired) electrons. The normalized spacial score (nSPS) is 13.3. The lowest BCUT2D eigenvalue weighted by molar-refractivity contribution is 0.212. The summed E-state index contributed by atoms with van der Waals surface area (Å²) >= 11 is 6.02. The fourth-order valence-corrected chi connectivity index (χ4v) is 3.86. The van der Waals surface area contributed by atoms with Crippen molar-refractivity contribution in [1.29, 1.82) is 0 Å². The molecule has 1 atom stereocenters. The van der Waals surface area contributed by atoms with Gasteiger partial charge in [0.2, 0.25) is 0 Å². The molecule has 150 valence electrons. The van der Waals surface area contributed by atoms with E-state index < -0.39 is 10.4 Å². The largest absolute Gasteiger partial charge is 0.418 e. The van der Waals surface area contributed by atoms with Crippen LogP contribution in [-0.2, 0) is 14.7 Å². The lowest BCUT2D eigenvalue weighted by atomic mass is 9.95. The first kappa shape index (κ1) is 21.9. The molecule has 1 aromatic heterocycles. The van der Waals surface area contributed by atoms with Crippen molar-refractivity contribution >= 4 is 38.6 Å². The Hall–Kier alpha value is -1.41. The van der Waals surface area contributed by atoms with Gasteiger partial charge in [0.1, 0.15) is 0 Å². The van der Waals surface area contributed by atoms with Crippen LogP contribution in [-0.4, -0.2) is 24.0 Å². The topological polar surface area (TPSA) is 79.7 Å². The van der Waals surface area contributed by atoms with Crippen molar-refractivity contribution in [2.45, 2.75) is 58.9 Å². The maximum atomic E-state index is 11.4. The molecular formula is C19H27ClN2O4S. The van der Waals surface area contributed by atoms with E-state index in [1.54, 1.807) is 30.5 Å². The molecule has 0 saturated carbocycles. The quantitative estimate of drug-likeness (QED) is 0.412. The molecule has 0 aliphatic heterocycles. The highest BCUT2D eigenvalue weighted by atomic mass is 35.5. The van der Waals surface area contributed by atoms with Gasteiger partial charge in [-0.3, -0.25) is 9.54 Å². The van der Waals surface area contributed by atoms with Crippen LogP contribution in [0.25, 0.3) is 10.9 Å². The monoisotopic (exact) mass is 414 g/mol. The number of pyridine rings is 1. The summed E-state index contributed by atoms with van der Waals surface area (Å²) in [6, 6.07) is 6.57. The van der Waals surface area contributed by atoms with E-state index in [-0.39, 0.29) is 6.04 Å². The van der Waals surface area contributed by atoms with Crippen molar-refractivity contribution in [3.05, 3.63) is 35.5 Å². The van der Waals surface area contributed by atoms with E-state index >= 15 is 0 Å². The van der Waals surface area contributed by atoms with E-state index in [0.717, 1.165) is 32.1 Å². The lowest BCUT2D eigenvalue weighted by Crippen LogP contribution is -2.35. The third kappa shape index (κ3) is 6.31. The third-order valence-electron chi connectivity index (χ3n) is 4.88. The molecule has 0 amide bonds. The molecule has 0 bridgehead atoms. The Morgan fingerprint density at radius 1 is 1.22 bits per heavy atom. The van der Waals surface area contributed by atoms with Gasteiger partial charge < -0.3 is 0 Å². The number of anilines is 1. The molecule has 1 heterocycles. The highest BCUT2D eigenvalue weighted by molar-refractivity contribution is 7.80. The zero-order chi connectivity index (χ0) is 20.0. The van der Waals surface area contributed by atoms with Crippen LogP contribution < -0.4 is 5.06 Å². The number of hydrogen-bond acceptors (Lipinski definition) is 5. The summed E-state index contributed by atoms with van der Waals surface area (Å²) in [5.41, 5.74) is 1.14. The number of rotatable bonds is 10. The average Bonchev–Trinajstić information content (AvgIpc) is 2.61. The molecule has 2 rings (SSSR count). The minimum absolute atomic E-state index is 0.262. The van der Waals surface area contributed by atoms with E-state index in [9.17, 15) is 13.0 Å². The SMILES string of the molecule is CCC(CC)CCCC(C)N(OS(=O)(=O)O)c1ccnc2cc(Cl)ccc12. The Kier molecular flexibility index (Phi) is 7.85. The van der Waals surface area contributed by atoms with Crippen molar-refractivity contribution in [2.24, 2.45) is 5.92 Å². The molecule has 1 N–H and O–H groups in total. The van der Waals surface area contributed by atoms with Crippen LogP contribution in [0.15, 0.2) is 30.5 Å². The zero-order valence-electron chi connectivity index (χ0n) is 15.9. The number of hydrogen-bond donors (Lipinski definition) is 1. The fraction of sp³-hybridized carbons (Fsp3) is 0.526. The van der Waals surface area contributed by atoms with Crippen molar-refractivity contribution in [3.8, 4) is 0 Å². The van der Waals surface area contributed by atoms with Gasteiger partial charge in [0.15, 0.2) is 0 Å². The van der Waals surface area contributed by atoms with Crippen molar-refractivity contribution in [3.63, 3.8) is 0 Å². The summed E-state index contributed by atoms with van der Waals surface area (Å²) in [5.74, 6) is 0.664. The summed E-state index contributed by atoms with van der Waals surface area (Å²) in [6.45, 7) is 6.24. The minimum atomic E-state index is -4.66. The number of fused-ring (bicyclic) bond motifs is 1. The number of hydroxylamine groups is 1. The molecule has 27 heavy (non-hydrogen) atoms. The average molecular weight is 415 g/mol. The van der Waals surface area contributed by atoms with E-state index in [1.807, 2.05) is 6.92 Å². The molecule has 1 aromatic carbocycles. The molecule has 0 saturated heterocycles. The van der Waals surface area contributed by atoms with Gasteiger partial charge in [0.05, 0.1) is 17.2 Å². The third-order valence-corrected chi connectivity index (χ3v) is 5.47. The molecule has 0 fully saturated rings. The summed E-state index contributed by atoms with van der Waals surface area (Å²) in [7, 11) is -4.66. The first-order valence-corrected chi connectivity index (χ1v) is 11.0. The predicted octanol–water partition coefficient (Wildman–Crippen LogP) is 5.42. The summed E-state index contributed by atoms with van der Waals surface area (Å²) in [6.07, 6.45) is 6.56. The Balaban J connectivity index is 2.29. The number of nitrogens with zero attached hydrogens (tertiary/aromatic N) is 2. The van der Waals surface area contributed by atoms with Gasteiger partial charge in [-0.25, -0.2) is 5.06 Å². The van der Waals surface area contributed by atoms with Gasteiger partial charge in [0, 0.05) is 16.6 Å². The van der Waals surface area contributed by atoms with E-state index in [0.29, 0.717) is 27.5 Å². The second-order valence-corrected chi connectivity index (χ2v) is 8.22. The van der Waals surface area contributed by atoms with Crippen LogP contribution in [0.4, 0.5) is 5.69 Å². The number of benzene rings is 1. The van der Waals surface area contributed by atoms with Crippen molar-refractivity contribution < 1.29 is 17.3 Å². The van der Waals surface area contributed by atoms with Crippen LogP contribution in [0.3, 0.4) is 0 Å². The van der Waals surface area contributed by atoms with Gasteiger partial charge in [0.25, 0.3) is 0 Å². The Morgan fingerprint density at radius 2 is 1.93 bits per heavy atom. The van der Waals surface area contributed by atoms with Crippen molar-refractivity contribution in [1.82, 2.24) is 4.98 Å². The fourth-order valence-electron chi connectivity index (χ4n) is 3.27. The molecule has 1 unspecified atom stereocenters. The molecule has 2 aromatic rings. The first-order chi connectivity index (χ1) is 12.7. The van der Waals surface area contributed by atoms with E-state index in [2.05, 4.69) is 18.8 Å². The highest BCUT2D eigenvalue weighted by Gasteiger charge is 2.23. The lowest BCUT2D eigenvalue weighted by Gasteiger charge is -2.29. The van der Waals surface area contributed by atoms with Gasteiger partial charge in [-0.15, -0.1) is 4.28 Å². The maximum absolute atomic E-state index is 11.4. The molecule has 0 aliphatic rings. The molecule has 8 heteroatoms. The van der Waals surface area contributed by atoms with E-state index in [1.165, 1.54) is 5.06 Å². The molecule has 0 aliphatic carbocycles. The second-order valence-electron chi connectivity index (χ2n) is 6.78. The van der Waals surface area contributed by atoms with Crippen LogP contribution in [0, 0.1) is 5.92 Å². The Morgan fingerprint density at radius 3 is 2.56 bits per heavy atom. The highest BCUT2D eigenvalue weighted by Crippen LogP contribution is 2.31. The molecule has 6 nitrogen and oxygen atoms in total. The predicted molar refractivity (Wildman–Crippen MR) is 109 cm³/mol. The van der Waals surface area contributed by atoms with Crippen LogP contribution in [0.2, 0.25) is 5.02 Å². The Bertz CT molecular complexity index is 856. The number of halogens is 1. The Labute approximate surface area is 166 Å².